The van der Waals surface area contributed by atoms with Gasteiger partial charge >= 0.3 is 12.0 Å². The molecule has 0 spiro atoms. The minimum Gasteiger partial charge on any atom is -0.480 e. The third-order valence-corrected chi connectivity index (χ3v) is 2.83. The van der Waals surface area contributed by atoms with Crippen molar-refractivity contribution in [3.63, 3.8) is 0 Å². The molecule has 0 aromatic rings. The van der Waals surface area contributed by atoms with Crippen LogP contribution < -0.4 is 16.4 Å². The maximum atomic E-state index is 11.5. The van der Waals surface area contributed by atoms with Crippen LogP contribution >= 0.6 is 0 Å². The van der Waals surface area contributed by atoms with Crippen molar-refractivity contribution in [1.29, 1.82) is 0 Å². The normalized spacial score (nSPS) is 22.8. The van der Waals surface area contributed by atoms with E-state index in [0.717, 1.165) is 0 Å². The van der Waals surface area contributed by atoms with Gasteiger partial charge in [0, 0.05) is 19.6 Å². The average molecular weight is 270 g/mol. The predicted octanol–water partition coefficient (Wildman–Crippen LogP) is -1.51. The topological polar surface area (TPSA) is 125 Å². The summed E-state index contributed by atoms with van der Waals surface area (Å²) in [6.07, 6.45) is 1.76. The molecule has 8 heteroatoms. The van der Waals surface area contributed by atoms with Crippen molar-refractivity contribution < 1.29 is 19.5 Å². The van der Waals surface area contributed by atoms with E-state index in [1.807, 2.05) is 0 Å². The second-order valence-corrected chi connectivity index (χ2v) is 4.47. The molecular formula is C11H18N4O4. The zero-order chi connectivity index (χ0) is 14.5. The van der Waals surface area contributed by atoms with Crippen LogP contribution in [0.1, 0.15) is 6.42 Å². The van der Waals surface area contributed by atoms with Crippen LogP contribution in [0, 0.1) is 0 Å². The number of urea groups is 1. The van der Waals surface area contributed by atoms with Crippen molar-refractivity contribution in [2.24, 2.45) is 5.73 Å². The number of aliphatic carboxylic acids is 1. The first-order valence-electron chi connectivity index (χ1n) is 5.80. The van der Waals surface area contributed by atoms with Crippen LogP contribution in [0.3, 0.4) is 0 Å². The van der Waals surface area contributed by atoms with E-state index >= 15 is 0 Å². The zero-order valence-corrected chi connectivity index (χ0v) is 10.5. The number of nitrogens with zero attached hydrogens (tertiary/aromatic N) is 1. The highest BCUT2D eigenvalue weighted by Crippen LogP contribution is 2.18. The van der Waals surface area contributed by atoms with Crippen LogP contribution in [0.4, 0.5) is 4.79 Å². The summed E-state index contributed by atoms with van der Waals surface area (Å²) in [6.45, 7) is 4.11. The smallest absolute Gasteiger partial charge is 0.325 e. The largest absolute Gasteiger partial charge is 0.480 e. The van der Waals surface area contributed by atoms with Gasteiger partial charge < -0.3 is 16.2 Å². The molecule has 0 bridgehead atoms. The Kier molecular flexibility index (Phi) is 5.02. The van der Waals surface area contributed by atoms with Crippen molar-refractivity contribution in [3.8, 4) is 0 Å². The summed E-state index contributed by atoms with van der Waals surface area (Å²) in [5.74, 6) is -1.59. The standard InChI is InChI=1S/C11H18N4O4/c1-2-4-13-10(19)14-8(16)6-15-5-3-11(12,7-15)9(17)18/h2H,1,3-7,12H2,(H,17,18)(H2,13,14,16,19). The molecular weight excluding hydrogens is 252 g/mol. The van der Waals surface area contributed by atoms with Gasteiger partial charge in [0.25, 0.3) is 0 Å². The molecule has 1 atom stereocenters. The fourth-order valence-corrected chi connectivity index (χ4v) is 1.80. The molecule has 0 saturated carbocycles. The molecule has 1 aliphatic rings. The van der Waals surface area contributed by atoms with Gasteiger partial charge in [0.15, 0.2) is 0 Å². The van der Waals surface area contributed by atoms with Gasteiger partial charge in [-0.3, -0.25) is 19.8 Å². The molecule has 0 radical (unpaired) electrons. The molecule has 1 heterocycles. The fourth-order valence-electron chi connectivity index (χ4n) is 1.80. The Morgan fingerprint density at radius 1 is 1.47 bits per heavy atom. The molecule has 1 fully saturated rings. The SMILES string of the molecule is C=CCNC(=O)NC(=O)CN1CCC(N)(C(=O)O)C1. The van der Waals surface area contributed by atoms with E-state index in [1.54, 1.807) is 4.90 Å². The number of rotatable bonds is 5. The Labute approximate surface area is 110 Å². The number of nitrogens with two attached hydrogens (primary N) is 1. The van der Waals surface area contributed by atoms with Crippen LogP contribution in [-0.4, -0.2) is 59.6 Å². The van der Waals surface area contributed by atoms with Crippen molar-refractivity contribution >= 4 is 17.9 Å². The number of carboxylic acids is 1. The molecule has 0 aromatic heterocycles. The Hall–Kier alpha value is -1.93. The van der Waals surface area contributed by atoms with E-state index in [4.69, 9.17) is 10.8 Å². The lowest BCUT2D eigenvalue weighted by atomic mass is 10.0. The number of likely N-dealkylation sites (tertiary alicyclic amines) is 1. The number of amides is 3. The Bertz CT molecular complexity index is 398. The number of carbonyl (C=O) groups is 3. The van der Waals surface area contributed by atoms with E-state index in [2.05, 4.69) is 17.2 Å². The number of hydrogen-bond donors (Lipinski definition) is 4. The molecule has 1 rings (SSSR count). The van der Waals surface area contributed by atoms with Crippen LogP contribution in [0.25, 0.3) is 0 Å². The van der Waals surface area contributed by atoms with E-state index < -0.39 is 23.4 Å². The molecule has 1 unspecified atom stereocenters. The van der Waals surface area contributed by atoms with Gasteiger partial charge in [-0.05, 0) is 6.42 Å². The van der Waals surface area contributed by atoms with E-state index in [9.17, 15) is 14.4 Å². The maximum absolute atomic E-state index is 11.5. The number of carbonyl (C=O) groups excluding carboxylic acids is 2. The maximum Gasteiger partial charge on any atom is 0.325 e. The lowest BCUT2D eigenvalue weighted by molar-refractivity contribution is -0.143. The number of carboxylic acid groups (broad SMARTS) is 1. The monoisotopic (exact) mass is 270 g/mol. The van der Waals surface area contributed by atoms with E-state index in [-0.39, 0.29) is 26.1 Å². The highest BCUT2D eigenvalue weighted by Gasteiger charge is 2.41. The first-order chi connectivity index (χ1) is 8.87. The highest BCUT2D eigenvalue weighted by atomic mass is 16.4. The average Bonchev–Trinajstić information content (AvgIpc) is 2.69. The van der Waals surface area contributed by atoms with Gasteiger partial charge in [0.2, 0.25) is 5.91 Å². The summed E-state index contributed by atoms with van der Waals surface area (Å²) in [6, 6.07) is -0.610. The predicted molar refractivity (Wildman–Crippen MR) is 67.3 cm³/mol. The fraction of sp³-hybridized carbons (Fsp3) is 0.545. The van der Waals surface area contributed by atoms with Crippen LogP contribution in [0.15, 0.2) is 12.7 Å². The summed E-state index contributed by atoms with van der Waals surface area (Å²) >= 11 is 0. The van der Waals surface area contributed by atoms with Crippen LogP contribution in [-0.2, 0) is 9.59 Å². The summed E-state index contributed by atoms with van der Waals surface area (Å²) in [7, 11) is 0. The number of hydrogen-bond acceptors (Lipinski definition) is 5. The van der Waals surface area contributed by atoms with Crippen molar-refractivity contribution in [1.82, 2.24) is 15.5 Å². The van der Waals surface area contributed by atoms with Crippen molar-refractivity contribution in [3.05, 3.63) is 12.7 Å². The van der Waals surface area contributed by atoms with Gasteiger partial charge in [0.05, 0.1) is 6.54 Å². The van der Waals surface area contributed by atoms with Crippen LogP contribution in [0.2, 0.25) is 0 Å². The molecule has 5 N–H and O–H groups in total. The highest BCUT2D eigenvalue weighted by molar-refractivity contribution is 5.95. The minimum atomic E-state index is -1.31. The van der Waals surface area contributed by atoms with Gasteiger partial charge in [0.1, 0.15) is 5.54 Å². The summed E-state index contributed by atoms with van der Waals surface area (Å²) < 4.78 is 0. The molecule has 0 aromatic carbocycles. The number of nitrogens with one attached hydrogen (secondary N) is 2. The van der Waals surface area contributed by atoms with Gasteiger partial charge in [-0.2, -0.15) is 0 Å². The second-order valence-electron chi connectivity index (χ2n) is 4.47. The lowest BCUT2D eigenvalue weighted by Gasteiger charge is -2.19. The zero-order valence-electron chi connectivity index (χ0n) is 10.5. The summed E-state index contributed by atoms with van der Waals surface area (Å²) in [4.78, 5) is 35.2. The first-order valence-corrected chi connectivity index (χ1v) is 5.80. The van der Waals surface area contributed by atoms with Crippen molar-refractivity contribution in [2.75, 3.05) is 26.2 Å². The minimum absolute atomic E-state index is 0.0618. The van der Waals surface area contributed by atoms with E-state index in [1.165, 1.54) is 6.08 Å². The molecule has 3 amide bonds. The molecule has 106 valence electrons. The summed E-state index contributed by atoms with van der Waals surface area (Å²) in [5.41, 5.74) is 4.36. The molecule has 1 saturated heterocycles. The van der Waals surface area contributed by atoms with Gasteiger partial charge in [-0.15, -0.1) is 6.58 Å². The molecule has 1 aliphatic heterocycles. The van der Waals surface area contributed by atoms with E-state index in [0.29, 0.717) is 6.54 Å². The number of imide groups is 1. The Morgan fingerprint density at radius 3 is 2.68 bits per heavy atom. The molecule has 8 nitrogen and oxygen atoms in total. The van der Waals surface area contributed by atoms with Gasteiger partial charge in [-0.25, -0.2) is 4.79 Å². The molecule has 19 heavy (non-hydrogen) atoms. The third kappa shape index (κ3) is 4.34. The van der Waals surface area contributed by atoms with Crippen molar-refractivity contribution in [2.45, 2.75) is 12.0 Å². The third-order valence-electron chi connectivity index (χ3n) is 2.83. The lowest BCUT2D eigenvalue weighted by Crippen LogP contribution is -2.51. The summed E-state index contributed by atoms with van der Waals surface area (Å²) in [5, 5.41) is 13.5. The van der Waals surface area contributed by atoms with Crippen LogP contribution in [0.5, 0.6) is 0 Å². The van der Waals surface area contributed by atoms with Gasteiger partial charge in [-0.1, -0.05) is 6.08 Å². The first kappa shape index (κ1) is 15.1. The second kappa shape index (κ2) is 6.30. The Balaban J connectivity index is 2.36. The molecule has 0 aliphatic carbocycles. The quantitative estimate of drug-likeness (QED) is 0.450. The Morgan fingerprint density at radius 2 is 2.16 bits per heavy atom.